The normalized spacial score (nSPS) is 24.5. The number of ketones is 1. The van der Waals surface area contributed by atoms with Crippen LogP contribution in [0.25, 0.3) is 0 Å². The van der Waals surface area contributed by atoms with Crippen LogP contribution in [0.3, 0.4) is 0 Å². The number of hydrogen-bond acceptors (Lipinski definition) is 3. The van der Waals surface area contributed by atoms with Crippen molar-refractivity contribution in [3.05, 3.63) is 58.6 Å². The van der Waals surface area contributed by atoms with Crippen LogP contribution in [0.1, 0.15) is 38.7 Å². The second-order valence-corrected chi connectivity index (χ2v) is 8.78. The van der Waals surface area contributed by atoms with E-state index in [1.165, 1.54) is 17.3 Å². The lowest BCUT2D eigenvalue weighted by Crippen LogP contribution is -2.28. The Balaban J connectivity index is 1.88. The number of hydrogen-bond donors (Lipinski definition) is 0. The summed E-state index contributed by atoms with van der Waals surface area (Å²) >= 11 is 4.60. The van der Waals surface area contributed by atoms with Crippen LogP contribution in [-0.2, 0) is 16.0 Å². The van der Waals surface area contributed by atoms with Gasteiger partial charge in [-0.25, -0.2) is 0 Å². The highest BCUT2D eigenvalue weighted by molar-refractivity contribution is 9.10. The molecule has 0 aliphatic carbocycles. The number of halogens is 1. The summed E-state index contributed by atoms with van der Waals surface area (Å²) in [6.45, 7) is 7.46. The molecule has 1 aliphatic heterocycles. The molecule has 4 heteroatoms. The average Bonchev–Trinajstić information content (AvgIpc) is 2.75. The molecule has 1 aliphatic rings. The topological polar surface area (TPSA) is 34.1 Å². The molecular weight excluding hydrogens is 384 g/mol. The highest BCUT2D eigenvalue weighted by atomic mass is 79.9. The van der Waals surface area contributed by atoms with E-state index in [9.17, 15) is 9.59 Å². The van der Waals surface area contributed by atoms with Gasteiger partial charge in [0.2, 0.25) is 5.12 Å². The van der Waals surface area contributed by atoms with E-state index in [0.29, 0.717) is 6.42 Å². The molecule has 0 radical (unpaired) electrons. The second-order valence-electron chi connectivity index (χ2n) is 6.41. The first-order valence-electron chi connectivity index (χ1n) is 8.19. The van der Waals surface area contributed by atoms with E-state index in [1.807, 2.05) is 32.1 Å². The number of Topliss-reactive ketones (excluding diaryl/α,β-unsaturated/α-hetero) is 1. The van der Waals surface area contributed by atoms with Crippen molar-refractivity contribution in [3.63, 3.8) is 0 Å². The largest absolute Gasteiger partial charge is 0.297 e. The van der Waals surface area contributed by atoms with Gasteiger partial charge in [0.25, 0.3) is 0 Å². The fourth-order valence-corrected chi connectivity index (χ4v) is 4.49. The predicted octanol–water partition coefficient (Wildman–Crippen LogP) is 5.51. The Morgan fingerprint density at radius 2 is 1.96 bits per heavy atom. The lowest BCUT2D eigenvalue weighted by atomic mass is 9.89. The molecule has 2 nitrogen and oxygen atoms in total. The number of benzene rings is 1. The summed E-state index contributed by atoms with van der Waals surface area (Å²) in [5, 5.41) is 0.0132. The molecule has 128 valence electrons. The number of thioether (sulfide) groups is 1. The third-order valence-electron chi connectivity index (χ3n) is 4.35. The van der Waals surface area contributed by atoms with Gasteiger partial charge in [-0.05, 0) is 50.8 Å². The molecule has 1 heterocycles. The van der Waals surface area contributed by atoms with Gasteiger partial charge >= 0.3 is 0 Å². The summed E-state index contributed by atoms with van der Waals surface area (Å²) in [5.41, 5.74) is 2.22. The zero-order valence-corrected chi connectivity index (χ0v) is 16.6. The van der Waals surface area contributed by atoms with Crippen molar-refractivity contribution in [3.8, 4) is 0 Å². The summed E-state index contributed by atoms with van der Waals surface area (Å²) in [7, 11) is 0. The van der Waals surface area contributed by atoms with Crippen molar-refractivity contribution in [1.82, 2.24) is 0 Å². The number of allylic oxidation sites excluding steroid dienone is 2. The lowest BCUT2D eigenvalue weighted by molar-refractivity contribution is -0.127. The quantitative estimate of drug-likeness (QED) is 0.340. The molecule has 0 N–H and O–H groups in total. The maximum atomic E-state index is 12.7. The minimum atomic E-state index is -0.730. The van der Waals surface area contributed by atoms with E-state index in [4.69, 9.17) is 0 Å². The van der Waals surface area contributed by atoms with Crippen molar-refractivity contribution >= 4 is 38.6 Å². The van der Waals surface area contributed by atoms with E-state index in [2.05, 4.69) is 34.6 Å². The van der Waals surface area contributed by atoms with Crippen LogP contribution in [0.5, 0.6) is 0 Å². The van der Waals surface area contributed by atoms with E-state index in [-0.39, 0.29) is 10.9 Å². The van der Waals surface area contributed by atoms with Crippen LogP contribution in [0.15, 0.2) is 53.0 Å². The molecule has 0 spiro atoms. The Morgan fingerprint density at radius 3 is 2.58 bits per heavy atom. The van der Waals surface area contributed by atoms with Crippen LogP contribution in [0.2, 0.25) is 0 Å². The molecule has 2 atom stereocenters. The van der Waals surface area contributed by atoms with E-state index >= 15 is 0 Å². The first kappa shape index (κ1) is 19.2. The van der Waals surface area contributed by atoms with Gasteiger partial charge in [0.05, 0.1) is 10.7 Å². The summed E-state index contributed by atoms with van der Waals surface area (Å²) in [6, 6.07) is 8.28. The minimum Gasteiger partial charge on any atom is -0.297 e. The van der Waals surface area contributed by atoms with E-state index < -0.39 is 10.7 Å². The maximum Gasteiger partial charge on any atom is 0.200 e. The number of carbonyl (C=O) groups is 2. The molecule has 1 fully saturated rings. The molecule has 0 aromatic heterocycles. The molecule has 2 rings (SSSR count). The number of aryl methyl sites for hydroxylation is 1. The summed E-state index contributed by atoms with van der Waals surface area (Å²) in [6.07, 6.45) is 7.09. The third kappa shape index (κ3) is 4.70. The van der Waals surface area contributed by atoms with Crippen LogP contribution in [0.4, 0.5) is 0 Å². The van der Waals surface area contributed by atoms with Crippen molar-refractivity contribution in [2.45, 2.75) is 44.3 Å². The van der Waals surface area contributed by atoms with Gasteiger partial charge in [-0.15, -0.1) is 0 Å². The van der Waals surface area contributed by atoms with Crippen molar-refractivity contribution in [1.29, 1.82) is 0 Å². The van der Waals surface area contributed by atoms with Crippen LogP contribution >= 0.6 is 27.7 Å². The average molecular weight is 407 g/mol. The van der Waals surface area contributed by atoms with Crippen molar-refractivity contribution < 1.29 is 9.59 Å². The lowest BCUT2D eigenvalue weighted by Gasteiger charge is -2.16. The smallest absolute Gasteiger partial charge is 0.200 e. The van der Waals surface area contributed by atoms with Gasteiger partial charge in [0, 0.05) is 4.47 Å². The summed E-state index contributed by atoms with van der Waals surface area (Å²) < 4.78 is 0.346. The SMILES string of the molecule is C=CC(C)=CC1(C)SC(=O)C(CCCCc2ccc(Br)cc2)C1=O. The zero-order chi connectivity index (χ0) is 17.7. The van der Waals surface area contributed by atoms with Gasteiger partial charge in [0.1, 0.15) is 0 Å². The van der Waals surface area contributed by atoms with Gasteiger partial charge in [0.15, 0.2) is 5.78 Å². The molecule has 0 amide bonds. The van der Waals surface area contributed by atoms with Gasteiger partial charge in [-0.1, -0.05) is 70.5 Å². The number of carbonyl (C=O) groups excluding carboxylic acids is 2. The molecule has 1 aromatic rings. The zero-order valence-electron chi connectivity index (χ0n) is 14.2. The first-order valence-corrected chi connectivity index (χ1v) is 9.80. The third-order valence-corrected chi connectivity index (χ3v) is 6.11. The molecule has 0 saturated carbocycles. The number of unbranched alkanes of at least 4 members (excludes halogenated alkanes) is 1. The Bertz CT molecular complexity index is 663. The highest BCUT2D eigenvalue weighted by Crippen LogP contribution is 2.43. The van der Waals surface area contributed by atoms with E-state index in [0.717, 1.165) is 29.3 Å². The first-order chi connectivity index (χ1) is 11.4. The predicted molar refractivity (Wildman–Crippen MR) is 105 cm³/mol. The maximum absolute atomic E-state index is 12.7. The van der Waals surface area contributed by atoms with Crippen molar-refractivity contribution in [2.24, 2.45) is 5.92 Å². The second kappa shape index (κ2) is 8.30. The Labute approximate surface area is 156 Å². The molecular formula is C20H23BrO2S. The standard InChI is InChI=1S/C20H23BrO2S/c1-4-14(2)13-20(3)18(22)17(19(23)24-20)8-6-5-7-15-9-11-16(21)12-10-15/h4,9-13,17H,1,5-8H2,2-3H3. The molecule has 24 heavy (non-hydrogen) atoms. The Morgan fingerprint density at radius 1 is 1.29 bits per heavy atom. The molecule has 2 unspecified atom stereocenters. The van der Waals surface area contributed by atoms with Crippen LogP contribution in [0, 0.1) is 5.92 Å². The highest BCUT2D eigenvalue weighted by Gasteiger charge is 2.48. The Hall–Kier alpha value is -1.13. The van der Waals surface area contributed by atoms with Crippen LogP contribution < -0.4 is 0 Å². The summed E-state index contributed by atoms with van der Waals surface area (Å²) in [5.74, 6) is -0.416. The molecule has 1 saturated heterocycles. The van der Waals surface area contributed by atoms with E-state index in [1.54, 1.807) is 6.08 Å². The Kier molecular flexibility index (Phi) is 6.64. The van der Waals surface area contributed by atoms with Gasteiger partial charge in [-0.3, -0.25) is 9.59 Å². The van der Waals surface area contributed by atoms with Crippen molar-refractivity contribution in [2.75, 3.05) is 0 Å². The monoisotopic (exact) mass is 406 g/mol. The molecule has 0 bridgehead atoms. The molecule has 1 aromatic carbocycles. The minimum absolute atomic E-state index is 0.0132. The van der Waals surface area contributed by atoms with Gasteiger partial charge in [-0.2, -0.15) is 0 Å². The number of rotatable bonds is 7. The summed E-state index contributed by atoms with van der Waals surface area (Å²) in [4.78, 5) is 24.9. The van der Waals surface area contributed by atoms with Crippen LogP contribution in [-0.4, -0.2) is 15.6 Å². The fraction of sp³-hybridized carbons (Fsp3) is 0.400. The fourth-order valence-electron chi connectivity index (χ4n) is 2.95. The van der Waals surface area contributed by atoms with Gasteiger partial charge < -0.3 is 0 Å².